The highest BCUT2D eigenvalue weighted by Gasteiger charge is 2.16. The number of rotatable bonds is 9. The van der Waals surface area contributed by atoms with Gasteiger partial charge in [-0.25, -0.2) is 0 Å². The highest BCUT2D eigenvalue weighted by Crippen LogP contribution is 2.22. The summed E-state index contributed by atoms with van der Waals surface area (Å²) in [4.78, 5) is 10.9. The van der Waals surface area contributed by atoms with Gasteiger partial charge in [0.05, 0.1) is 13.5 Å². The molecule has 0 rings (SSSR count). The second-order valence-corrected chi connectivity index (χ2v) is 5.12. The second kappa shape index (κ2) is 8.57. The Bertz CT molecular complexity index is 190. The summed E-state index contributed by atoms with van der Waals surface area (Å²) in [7, 11) is 1.43. The van der Waals surface area contributed by atoms with Crippen molar-refractivity contribution in [2.24, 2.45) is 5.41 Å². The van der Waals surface area contributed by atoms with Gasteiger partial charge in [0.15, 0.2) is 0 Å². The van der Waals surface area contributed by atoms with Crippen LogP contribution >= 0.6 is 0 Å². The molecule has 0 aliphatic rings. The fourth-order valence-electron chi connectivity index (χ4n) is 1.66. The number of hydrogen-bond donors (Lipinski definition) is 1. The Kier molecular flexibility index (Phi) is 8.26. The zero-order chi connectivity index (χ0) is 12.4. The zero-order valence-electron chi connectivity index (χ0n) is 11.3. The molecule has 3 heteroatoms. The molecular formula is C13H27NO2. The molecule has 3 nitrogen and oxygen atoms in total. The summed E-state index contributed by atoms with van der Waals surface area (Å²) < 4.78 is 4.58. The molecule has 0 radical (unpaired) electrons. The third-order valence-corrected chi connectivity index (χ3v) is 2.79. The molecule has 0 aromatic rings. The molecule has 0 aromatic carbocycles. The van der Waals surface area contributed by atoms with E-state index in [-0.39, 0.29) is 5.97 Å². The van der Waals surface area contributed by atoms with Crippen molar-refractivity contribution < 1.29 is 9.53 Å². The van der Waals surface area contributed by atoms with E-state index in [0.717, 1.165) is 6.54 Å². The van der Waals surface area contributed by atoms with Crippen LogP contribution in [0.1, 0.15) is 52.9 Å². The van der Waals surface area contributed by atoms with Gasteiger partial charge in [0, 0.05) is 13.1 Å². The average Bonchev–Trinajstić information content (AvgIpc) is 2.24. The number of nitrogens with one attached hydrogen (secondary N) is 1. The Balaban J connectivity index is 3.53. The molecule has 0 atom stereocenters. The van der Waals surface area contributed by atoms with Gasteiger partial charge in [-0.15, -0.1) is 0 Å². The first kappa shape index (κ1) is 15.4. The standard InChI is InChI=1S/C13H27NO2/c1-5-6-7-9-13(2,3)11-14-10-8-12(15)16-4/h14H,5-11H2,1-4H3. The van der Waals surface area contributed by atoms with Gasteiger partial charge < -0.3 is 10.1 Å². The van der Waals surface area contributed by atoms with E-state index in [2.05, 4.69) is 30.8 Å². The lowest BCUT2D eigenvalue weighted by Crippen LogP contribution is -2.31. The number of hydrogen-bond acceptors (Lipinski definition) is 3. The van der Waals surface area contributed by atoms with E-state index in [1.165, 1.54) is 32.8 Å². The maximum Gasteiger partial charge on any atom is 0.306 e. The molecule has 0 aliphatic heterocycles. The largest absolute Gasteiger partial charge is 0.469 e. The molecule has 0 saturated carbocycles. The van der Waals surface area contributed by atoms with Crippen molar-refractivity contribution in [1.82, 2.24) is 5.32 Å². The van der Waals surface area contributed by atoms with E-state index in [1.54, 1.807) is 0 Å². The van der Waals surface area contributed by atoms with Crippen LogP contribution in [-0.4, -0.2) is 26.2 Å². The van der Waals surface area contributed by atoms with E-state index in [4.69, 9.17) is 0 Å². The predicted molar refractivity (Wildman–Crippen MR) is 67.4 cm³/mol. The van der Waals surface area contributed by atoms with Crippen LogP contribution in [0.2, 0.25) is 0 Å². The van der Waals surface area contributed by atoms with Crippen molar-refractivity contribution in [3.63, 3.8) is 0 Å². The van der Waals surface area contributed by atoms with Gasteiger partial charge in [-0.1, -0.05) is 40.0 Å². The van der Waals surface area contributed by atoms with Crippen molar-refractivity contribution in [1.29, 1.82) is 0 Å². The molecule has 96 valence electrons. The number of carbonyl (C=O) groups is 1. The highest BCUT2D eigenvalue weighted by molar-refractivity contribution is 5.69. The first-order valence-corrected chi connectivity index (χ1v) is 6.29. The SMILES string of the molecule is CCCCCC(C)(C)CNCCC(=O)OC. The Labute approximate surface area is 99.9 Å². The van der Waals surface area contributed by atoms with Gasteiger partial charge >= 0.3 is 5.97 Å². The lowest BCUT2D eigenvalue weighted by molar-refractivity contribution is -0.140. The summed E-state index contributed by atoms with van der Waals surface area (Å²) in [5.41, 5.74) is 0.325. The summed E-state index contributed by atoms with van der Waals surface area (Å²) in [5.74, 6) is -0.142. The Morgan fingerprint density at radius 3 is 2.56 bits per heavy atom. The fraction of sp³-hybridized carbons (Fsp3) is 0.923. The van der Waals surface area contributed by atoms with Crippen molar-refractivity contribution in [3.8, 4) is 0 Å². The molecule has 0 aliphatic carbocycles. The van der Waals surface area contributed by atoms with Crippen LogP contribution in [0, 0.1) is 5.41 Å². The van der Waals surface area contributed by atoms with Crippen molar-refractivity contribution in [2.45, 2.75) is 52.9 Å². The molecule has 16 heavy (non-hydrogen) atoms. The molecule has 0 aromatic heterocycles. The van der Waals surface area contributed by atoms with Gasteiger partial charge in [-0.3, -0.25) is 4.79 Å². The van der Waals surface area contributed by atoms with Gasteiger partial charge in [0.2, 0.25) is 0 Å². The minimum absolute atomic E-state index is 0.142. The fourth-order valence-corrected chi connectivity index (χ4v) is 1.66. The minimum atomic E-state index is -0.142. The van der Waals surface area contributed by atoms with Crippen molar-refractivity contribution >= 4 is 5.97 Å². The lowest BCUT2D eigenvalue weighted by atomic mass is 9.87. The number of ether oxygens (including phenoxy) is 1. The number of carbonyl (C=O) groups excluding carboxylic acids is 1. The average molecular weight is 229 g/mol. The molecule has 0 saturated heterocycles. The van der Waals surface area contributed by atoms with Crippen molar-refractivity contribution in [2.75, 3.05) is 20.2 Å². The van der Waals surface area contributed by atoms with Crippen molar-refractivity contribution in [3.05, 3.63) is 0 Å². The third-order valence-electron chi connectivity index (χ3n) is 2.79. The summed E-state index contributed by atoms with van der Waals surface area (Å²) in [6.07, 6.45) is 5.58. The molecular weight excluding hydrogens is 202 g/mol. The summed E-state index contributed by atoms with van der Waals surface area (Å²) in [6.45, 7) is 8.45. The quantitative estimate of drug-likeness (QED) is 0.488. The number of esters is 1. The van der Waals surface area contributed by atoms with E-state index in [1.807, 2.05) is 0 Å². The summed E-state index contributed by atoms with van der Waals surface area (Å²) in [6, 6.07) is 0. The first-order valence-electron chi connectivity index (χ1n) is 6.29. The molecule has 0 unspecified atom stereocenters. The molecule has 0 spiro atoms. The van der Waals surface area contributed by atoms with E-state index >= 15 is 0 Å². The van der Waals surface area contributed by atoms with Gasteiger partial charge in [0.25, 0.3) is 0 Å². The molecule has 1 N–H and O–H groups in total. The van der Waals surface area contributed by atoms with E-state index < -0.39 is 0 Å². The smallest absolute Gasteiger partial charge is 0.306 e. The molecule has 0 heterocycles. The van der Waals surface area contributed by atoms with Crippen LogP contribution < -0.4 is 5.32 Å². The normalized spacial score (nSPS) is 11.5. The Morgan fingerprint density at radius 1 is 1.31 bits per heavy atom. The number of unbranched alkanes of at least 4 members (excludes halogenated alkanes) is 2. The molecule has 0 bridgehead atoms. The molecule has 0 fully saturated rings. The van der Waals surface area contributed by atoms with Crippen LogP contribution in [0.5, 0.6) is 0 Å². The monoisotopic (exact) mass is 229 g/mol. The van der Waals surface area contributed by atoms with Crippen LogP contribution in [0.25, 0.3) is 0 Å². The van der Waals surface area contributed by atoms with Gasteiger partial charge in [0.1, 0.15) is 0 Å². The first-order chi connectivity index (χ1) is 7.52. The van der Waals surface area contributed by atoms with Crippen LogP contribution in [0.3, 0.4) is 0 Å². The Morgan fingerprint density at radius 2 is 2.00 bits per heavy atom. The van der Waals surface area contributed by atoms with Crippen LogP contribution in [0.15, 0.2) is 0 Å². The van der Waals surface area contributed by atoms with Crippen LogP contribution in [-0.2, 0) is 9.53 Å². The lowest BCUT2D eigenvalue weighted by Gasteiger charge is -2.25. The Hall–Kier alpha value is -0.570. The van der Waals surface area contributed by atoms with Crippen LogP contribution in [0.4, 0.5) is 0 Å². The highest BCUT2D eigenvalue weighted by atomic mass is 16.5. The maximum atomic E-state index is 10.9. The minimum Gasteiger partial charge on any atom is -0.469 e. The number of methoxy groups -OCH3 is 1. The van der Waals surface area contributed by atoms with Gasteiger partial charge in [-0.05, 0) is 11.8 Å². The summed E-state index contributed by atoms with van der Waals surface area (Å²) in [5, 5.41) is 3.32. The second-order valence-electron chi connectivity index (χ2n) is 5.12. The topological polar surface area (TPSA) is 38.3 Å². The molecule has 0 amide bonds. The predicted octanol–water partition coefficient (Wildman–Crippen LogP) is 2.75. The zero-order valence-corrected chi connectivity index (χ0v) is 11.3. The maximum absolute atomic E-state index is 10.9. The third kappa shape index (κ3) is 8.72. The van der Waals surface area contributed by atoms with E-state index in [0.29, 0.717) is 18.4 Å². The van der Waals surface area contributed by atoms with Gasteiger partial charge in [-0.2, -0.15) is 0 Å². The summed E-state index contributed by atoms with van der Waals surface area (Å²) >= 11 is 0. The van der Waals surface area contributed by atoms with E-state index in [9.17, 15) is 4.79 Å².